The Hall–Kier alpha value is -2.63. The Kier molecular flexibility index (Phi) is 6.15. The summed E-state index contributed by atoms with van der Waals surface area (Å²) in [7, 11) is 0. The molecule has 4 rings (SSSR count). The SMILES string of the molecule is O=C(N[C@@H]1CC(=O)N(c2ccc(N3CCOCC3=O)c(C(F)(F)F)c2)C1)c1ccc(Cl)s1. The van der Waals surface area contributed by atoms with E-state index in [2.05, 4.69) is 5.32 Å². The van der Waals surface area contributed by atoms with Gasteiger partial charge in [-0.2, -0.15) is 13.2 Å². The van der Waals surface area contributed by atoms with Crippen molar-refractivity contribution in [2.45, 2.75) is 18.6 Å². The quantitative estimate of drug-likeness (QED) is 0.717. The van der Waals surface area contributed by atoms with Crippen LogP contribution in [0.5, 0.6) is 0 Å². The molecule has 12 heteroatoms. The van der Waals surface area contributed by atoms with E-state index in [4.69, 9.17) is 16.3 Å². The molecule has 0 radical (unpaired) electrons. The lowest BCUT2D eigenvalue weighted by atomic mass is 10.1. The number of hydrogen-bond acceptors (Lipinski definition) is 5. The van der Waals surface area contributed by atoms with Crippen LogP contribution in [0.1, 0.15) is 21.7 Å². The molecule has 1 atom stereocenters. The van der Waals surface area contributed by atoms with Crippen LogP contribution in [0.4, 0.5) is 24.5 Å². The van der Waals surface area contributed by atoms with E-state index in [0.29, 0.717) is 9.21 Å². The molecule has 0 spiro atoms. The Balaban J connectivity index is 1.56. The van der Waals surface area contributed by atoms with Gasteiger partial charge < -0.3 is 19.9 Å². The van der Waals surface area contributed by atoms with E-state index in [1.54, 1.807) is 12.1 Å². The molecule has 3 amide bonds. The normalized spacial score (nSPS) is 19.6. The second-order valence-corrected chi connectivity index (χ2v) is 8.99. The fraction of sp³-hybridized carbons (Fsp3) is 0.350. The molecule has 0 unspecified atom stereocenters. The number of nitrogens with zero attached hydrogens (tertiary/aromatic N) is 2. The number of morpholine rings is 1. The Morgan fingerprint density at radius 3 is 2.59 bits per heavy atom. The van der Waals surface area contributed by atoms with Gasteiger partial charge in [0.2, 0.25) is 5.91 Å². The third-order valence-electron chi connectivity index (χ3n) is 5.13. The van der Waals surface area contributed by atoms with Gasteiger partial charge in [0.05, 0.1) is 33.1 Å². The van der Waals surface area contributed by atoms with E-state index in [-0.39, 0.29) is 44.1 Å². The Morgan fingerprint density at radius 1 is 1.16 bits per heavy atom. The number of amides is 3. The van der Waals surface area contributed by atoms with Gasteiger partial charge in [-0.1, -0.05) is 11.6 Å². The molecule has 2 aliphatic heterocycles. The lowest BCUT2D eigenvalue weighted by Gasteiger charge is -2.30. The zero-order valence-corrected chi connectivity index (χ0v) is 18.0. The van der Waals surface area contributed by atoms with Crippen molar-refractivity contribution in [2.75, 3.05) is 36.1 Å². The van der Waals surface area contributed by atoms with E-state index >= 15 is 0 Å². The molecule has 2 aliphatic rings. The number of alkyl halides is 3. The summed E-state index contributed by atoms with van der Waals surface area (Å²) in [6.45, 7) is -0.131. The predicted octanol–water partition coefficient (Wildman–Crippen LogP) is 3.32. The first-order valence-corrected chi connectivity index (χ1v) is 10.8. The summed E-state index contributed by atoms with van der Waals surface area (Å²) in [6.07, 6.45) is -4.78. The van der Waals surface area contributed by atoms with Gasteiger partial charge in [0.15, 0.2) is 0 Å². The number of nitrogens with one attached hydrogen (secondary N) is 1. The van der Waals surface area contributed by atoms with Crippen LogP contribution < -0.4 is 15.1 Å². The lowest BCUT2D eigenvalue weighted by molar-refractivity contribution is -0.137. The van der Waals surface area contributed by atoms with Gasteiger partial charge >= 0.3 is 6.18 Å². The molecule has 2 saturated heterocycles. The standard InChI is InChI=1S/C20H17ClF3N3O4S/c21-16-4-3-15(32-16)19(30)25-11-7-17(28)27(9-11)12-1-2-14(13(8-12)20(22,23)24)26-5-6-31-10-18(26)29/h1-4,8,11H,5-7,9-10H2,(H,25,30)/t11-/m1/s1. The maximum absolute atomic E-state index is 13.8. The maximum Gasteiger partial charge on any atom is 0.418 e. The highest BCUT2D eigenvalue weighted by Gasteiger charge is 2.39. The third kappa shape index (κ3) is 4.59. The number of carbonyl (C=O) groups is 3. The molecule has 32 heavy (non-hydrogen) atoms. The average Bonchev–Trinajstić information content (AvgIpc) is 3.33. The molecule has 0 bridgehead atoms. The molecule has 1 N–H and O–H groups in total. The summed E-state index contributed by atoms with van der Waals surface area (Å²) in [5.41, 5.74) is -1.25. The molecular weight excluding hydrogens is 471 g/mol. The van der Waals surface area contributed by atoms with Gasteiger partial charge in [-0.25, -0.2) is 0 Å². The largest absolute Gasteiger partial charge is 0.418 e. The number of halogens is 4. The lowest BCUT2D eigenvalue weighted by Crippen LogP contribution is -2.42. The highest BCUT2D eigenvalue weighted by atomic mass is 35.5. The number of hydrogen-bond donors (Lipinski definition) is 1. The maximum atomic E-state index is 13.8. The van der Waals surface area contributed by atoms with Gasteiger partial charge in [-0.05, 0) is 30.3 Å². The monoisotopic (exact) mass is 487 g/mol. The molecule has 1 aromatic heterocycles. The molecule has 170 valence electrons. The van der Waals surface area contributed by atoms with Crippen molar-refractivity contribution in [3.05, 3.63) is 45.1 Å². The molecule has 3 heterocycles. The zero-order chi connectivity index (χ0) is 23.0. The number of thiophene rings is 1. The van der Waals surface area contributed by atoms with Gasteiger partial charge in [0.1, 0.15) is 6.61 Å². The first-order valence-electron chi connectivity index (χ1n) is 9.59. The topological polar surface area (TPSA) is 79.0 Å². The second-order valence-electron chi connectivity index (χ2n) is 7.28. The highest BCUT2D eigenvalue weighted by molar-refractivity contribution is 7.18. The fourth-order valence-corrected chi connectivity index (χ4v) is 4.62. The van der Waals surface area contributed by atoms with E-state index in [0.717, 1.165) is 22.3 Å². The number of anilines is 2. The molecule has 2 fully saturated rings. The van der Waals surface area contributed by atoms with E-state index < -0.39 is 35.5 Å². The second kappa shape index (κ2) is 8.72. The van der Waals surface area contributed by atoms with Gasteiger partial charge in [-0.15, -0.1) is 11.3 Å². The summed E-state index contributed by atoms with van der Waals surface area (Å²) in [5.74, 6) is -1.38. The molecule has 2 aromatic rings. The van der Waals surface area contributed by atoms with Crippen molar-refractivity contribution in [2.24, 2.45) is 0 Å². The number of rotatable bonds is 4. The molecule has 0 aliphatic carbocycles. The fourth-order valence-electron chi connectivity index (χ4n) is 3.67. The minimum Gasteiger partial charge on any atom is -0.370 e. The van der Waals surface area contributed by atoms with E-state index in [1.165, 1.54) is 17.0 Å². The Labute approximate surface area is 189 Å². The van der Waals surface area contributed by atoms with E-state index in [1.807, 2.05) is 0 Å². The molecule has 1 aromatic carbocycles. The summed E-state index contributed by atoms with van der Waals surface area (Å²) in [5, 5.41) is 2.71. The minimum atomic E-state index is -4.74. The predicted molar refractivity (Wildman–Crippen MR) is 112 cm³/mol. The molecule has 0 saturated carbocycles. The van der Waals surface area contributed by atoms with Crippen molar-refractivity contribution < 1.29 is 32.3 Å². The Bertz CT molecular complexity index is 1070. The minimum absolute atomic E-state index is 0.00471. The van der Waals surface area contributed by atoms with Gasteiger partial charge in [-0.3, -0.25) is 14.4 Å². The van der Waals surface area contributed by atoms with E-state index in [9.17, 15) is 27.6 Å². The van der Waals surface area contributed by atoms with Crippen molar-refractivity contribution >= 4 is 52.0 Å². The molecule has 7 nitrogen and oxygen atoms in total. The van der Waals surface area contributed by atoms with Crippen LogP contribution in [0.25, 0.3) is 0 Å². The van der Waals surface area contributed by atoms with Crippen LogP contribution in [-0.2, 0) is 20.5 Å². The first kappa shape index (κ1) is 22.6. The van der Waals surface area contributed by atoms with Crippen molar-refractivity contribution in [1.82, 2.24) is 5.32 Å². The first-order chi connectivity index (χ1) is 15.1. The summed E-state index contributed by atoms with van der Waals surface area (Å²) >= 11 is 6.92. The summed E-state index contributed by atoms with van der Waals surface area (Å²) in [4.78, 5) is 39.5. The van der Waals surface area contributed by atoms with Gasteiger partial charge in [0.25, 0.3) is 11.8 Å². The van der Waals surface area contributed by atoms with Crippen LogP contribution in [0.2, 0.25) is 4.34 Å². The number of benzene rings is 1. The highest BCUT2D eigenvalue weighted by Crippen LogP contribution is 2.40. The van der Waals surface area contributed by atoms with Crippen LogP contribution in [-0.4, -0.2) is 50.1 Å². The van der Waals surface area contributed by atoms with Gasteiger partial charge in [0, 0.05) is 25.2 Å². The summed E-state index contributed by atoms with van der Waals surface area (Å²) in [6, 6.07) is 5.98. The Morgan fingerprint density at radius 2 is 1.94 bits per heavy atom. The summed E-state index contributed by atoms with van der Waals surface area (Å²) < 4.78 is 46.8. The number of carbonyl (C=O) groups excluding carboxylic acids is 3. The smallest absolute Gasteiger partial charge is 0.370 e. The molecular formula is C20H17ClF3N3O4S. The number of ether oxygens (including phenoxy) is 1. The zero-order valence-electron chi connectivity index (χ0n) is 16.4. The van der Waals surface area contributed by atoms with Crippen molar-refractivity contribution in [3.8, 4) is 0 Å². The van der Waals surface area contributed by atoms with Crippen LogP contribution in [0.15, 0.2) is 30.3 Å². The van der Waals surface area contributed by atoms with Crippen LogP contribution in [0, 0.1) is 0 Å². The van der Waals surface area contributed by atoms with Crippen LogP contribution in [0.3, 0.4) is 0 Å². The average molecular weight is 488 g/mol. The van der Waals surface area contributed by atoms with Crippen molar-refractivity contribution in [3.63, 3.8) is 0 Å². The van der Waals surface area contributed by atoms with Crippen molar-refractivity contribution in [1.29, 1.82) is 0 Å². The van der Waals surface area contributed by atoms with Crippen LogP contribution >= 0.6 is 22.9 Å². The third-order valence-corrected chi connectivity index (χ3v) is 6.36.